The number of hydrogen-bond acceptors (Lipinski definition) is 2. The maximum absolute atomic E-state index is 6.14. The van der Waals surface area contributed by atoms with E-state index in [1.54, 1.807) is 0 Å². The van der Waals surface area contributed by atoms with Gasteiger partial charge in [0.2, 0.25) is 0 Å². The highest BCUT2D eigenvalue weighted by molar-refractivity contribution is 6.36. The maximum atomic E-state index is 6.14. The second-order valence-electron chi connectivity index (χ2n) is 4.13. The normalized spacial score (nSPS) is 10.4. The van der Waals surface area contributed by atoms with Crippen LogP contribution in [0.3, 0.4) is 0 Å². The topological polar surface area (TPSA) is 21.3 Å². The summed E-state index contributed by atoms with van der Waals surface area (Å²) in [5.74, 6) is 0.676. The highest BCUT2D eigenvalue weighted by Gasteiger charge is 2.06. The molecule has 1 N–H and O–H groups in total. The summed E-state index contributed by atoms with van der Waals surface area (Å²) >= 11 is 18.4. The summed E-state index contributed by atoms with van der Waals surface area (Å²) in [4.78, 5) is 0. The Morgan fingerprint density at radius 3 is 2.30 bits per heavy atom. The van der Waals surface area contributed by atoms with Gasteiger partial charge in [-0.15, -0.1) is 0 Å². The van der Waals surface area contributed by atoms with Gasteiger partial charge in [0.25, 0.3) is 0 Å². The molecule has 0 aromatic heterocycles. The van der Waals surface area contributed by atoms with Crippen molar-refractivity contribution in [2.75, 3.05) is 11.9 Å². The van der Waals surface area contributed by atoms with Gasteiger partial charge in [0.15, 0.2) is 0 Å². The highest BCUT2D eigenvalue weighted by atomic mass is 35.5. The molecule has 0 amide bonds. The van der Waals surface area contributed by atoms with E-state index in [-0.39, 0.29) is 0 Å². The molecule has 2 nitrogen and oxygen atoms in total. The summed E-state index contributed by atoms with van der Waals surface area (Å²) in [6.07, 6.45) is 0. The lowest BCUT2D eigenvalue weighted by molar-refractivity contribution is 0.340. The van der Waals surface area contributed by atoms with Crippen LogP contribution in [0.15, 0.2) is 36.4 Å². The molecule has 106 valence electrons. The van der Waals surface area contributed by atoms with Crippen LogP contribution in [0.2, 0.25) is 15.1 Å². The predicted octanol–water partition coefficient (Wildman–Crippen LogP) is 5.66. The lowest BCUT2D eigenvalue weighted by Crippen LogP contribution is -2.01. The molecule has 0 saturated heterocycles. The molecular formula is C15H14Cl3NO. The number of rotatable bonds is 5. The predicted molar refractivity (Wildman–Crippen MR) is 86.4 cm³/mol. The van der Waals surface area contributed by atoms with Crippen molar-refractivity contribution in [3.63, 3.8) is 0 Å². The fraction of sp³-hybridized carbons (Fsp3) is 0.200. The van der Waals surface area contributed by atoms with Crippen LogP contribution in [0.1, 0.15) is 12.5 Å². The third-order valence-corrected chi connectivity index (χ3v) is 3.77. The third-order valence-electron chi connectivity index (χ3n) is 2.76. The summed E-state index contributed by atoms with van der Waals surface area (Å²) < 4.78 is 5.39. The zero-order chi connectivity index (χ0) is 14.5. The van der Waals surface area contributed by atoms with Crippen molar-refractivity contribution in [2.45, 2.75) is 13.5 Å². The second kappa shape index (κ2) is 7.07. The smallest absolute Gasteiger partial charge is 0.138 e. The molecule has 0 aliphatic rings. The van der Waals surface area contributed by atoms with Crippen molar-refractivity contribution >= 4 is 40.5 Å². The molecule has 0 atom stereocenters. The SMILES string of the molecule is CCOc1ccc(NCc2c(Cl)cccc2Cl)cc1Cl. The minimum absolute atomic E-state index is 0.531. The van der Waals surface area contributed by atoms with E-state index < -0.39 is 0 Å². The third kappa shape index (κ3) is 3.72. The van der Waals surface area contributed by atoms with E-state index >= 15 is 0 Å². The van der Waals surface area contributed by atoms with Crippen LogP contribution in [0.4, 0.5) is 5.69 Å². The van der Waals surface area contributed by atoms with Crippen molar-refractivity contribution in [3.8, 4) is 5.75 Å². The number of hydrogen-bond donors (Lipinski definition) is 1. The first kappa shape index (κ1) is 15.3. The lowest BCUT2D eigenvalue weighted by atomic mass is 10.2. The van der Waals surface area contributed by atoms with Crippen molar-refractivity contribution < 1.29 is 4.74 Å². The van der Waals surface area contributed by atoms with E-state index in [2.05, 4.69) is 5.32 Å². The largest absolute Gasteiger partial charge is 0.492 e. The monoisotopic (exact) mass is 329 g/mol. The maximum Gasteiger partial charge on any atom is 0.138 e. The van der Waals surface area contributed by atoms with Crippen LogP contribution >= 0.6 is 34.8 Å². The van der Waals surface area contributed by atoms with Gasteiger partial charge in [-0.3, -0.25) is 0 Å². The zero-order valence-corrected chi connectivity index (χ0v) is 13.2. The molecule has 2 rings (SSSR count). The molecule has 2 aromatic rings. The van der Waals surface area contributed by atoms with Crippen LogP contribution in [0.5, 0.6) is 5.75 Å². The van der Waals surface area contributed by atoms with Gasteiger partial charge < -0.3 is 10.1 Å². The molecular weight excluding hydrogens is 317 g/mol. The van der Waals surface area contributed by atoms with Gasteiger partial charge in [-0.1, -0.05) is 40.9 Å². The Balaban J connectivity index is 2.09. The molecule has 0 aliphatic heterocycles. The fourth-order valence-electron chi connectivity index (χ4n) is 1.78. The Morgan fingerprint density at radius 1 is 1.00 bits per heavy atom. The molecule has 0 saturated carbocycles. The van der Waals surface area contributed by atoms with Crippen LogP contribution in [0, 0.1) is 0 Å². The van der Waals surface area contributed by atoms with Gasteiger partial charge >= 0.3 is 0 Å². The van der Waals surface area contributed by atoms with Crippen molar-refractivity contribution in [3.05, 3.63) is 57.0 Å². The molecule has 0 unspecified atom stereocenters. The van der Waals surface area contributed by atoms with Crippen LogP contribution in [0.25, 0.3) is 0 Å². The van der Waals surface area contributed by atoms with Gasteiger partial charge in [-0.2, -0.15) is 0 Å². The standard InChI is InChI=1S/C15H14Cl3NO/c1-2-20-15-7-6-10(8-14(15)18)19-9-11-12(16)4-3-5-13(11)17/h3-8,19H,2,9H2,1H3. The Kier molecular flexibility index (Phi) is 5.41. The van der Waals surface area contributed by atoms with E-state index in [1.807, 2.05) is 43.3 Å². The molecule has 5 heteroatoms. The van der Waals surface area contributed by atoms with Crippen molar-refractivity contribution in [1.29, 1.82) is 0 Å². The lowest BCUT2D eigenvalue weighted by Gasteiger charge is -2.11. The Hall–Kier alpha value is -1.09. The Labute approximate surface area is 133 Å². The molecule has 0 bridgehead atoms. The number of nitrogens with one attached hydrogen (secondary N) is 1. The fourth-order valence-corrected chi connectivity index (χ4v) is 2.54. The number of ether oxygens (including phenoxy) is 1. The molecule has 2 aromatic carbocycles. The number of anilines is 1. The van der Waals surface area contributed by atoms with Crippen molar-refractivity contribution in [2.24, 2.45) is 0 Å². The number of benzene rings is 2. The van der Waals surface area contributed by atoms with E-state index in [0.29, 0.717) is 34.0 Å². The van der Waals surface area contributed by atoms with Crippen LogP contribution in [-0.2, 0) is 6.54 Å². The van der Waals surface area contributed by atoms with Gasteiger partial charge in [0, 0.05) is 27.8 Å². The van der Waals surface area contributed by atoms with Crippen LogP contribution < -0.4 is 10.1 Å². The Bertz CT molecular complexity index is 581. The summed E-state index contributed by atoms with van der Waals surface area (Å²) in [5.41, 5.74) is 1.75. The summed E-state index contributed by atoms with van der Waals surface area (Å²) in [6.45, 7) is 3.03. The first-order valence-corrected chi connectivity index (χ1v) is 7.34. The summed E-state index contributed by atoms with van der Waals surface area (Å²) in [7, 11) is 0. The molecule has 20 heavy (non-hydrogen) atoms. The molecule has 0 fully saturated rings. The second-order valence-corrected chi connectivity index (χ2v) is 5.35. The summed E-state index contributed by atoms with van der Waals surface area (Å²) in [6, 6.07) is 11.0. The zero-order valence-electron chi connectivity index (χ0n) is 10.9. The average Bonchev–Trinajstić information content (AvgIpc) is 2.41. The van der Waals surface area contributed by atoms with Gasteiger partial charge in [-0.05, 0) is 37.3 Å². The Morgan fingerprint density at radius 2 is 1.70 bits per heavy atom. The average molecular weight is 331 g/mol. The number of halogens is 3. The van der Waals surface area contributed by atoms with Gasteiger partial charge in [0.1, 0.15) is 5.75 Å². The minimum atomic E-state index is 0.531. The van der Waals surface area contributed by atoms with E-state index in [0.717, 1.165) is 11.3 Å². The molecule has 0 aliphatic carbocycles. The van der Waals surface area contributed by atoms with Crippen molar-refractivity contribution in [1.82, 2.24) is 0 Å². The van der Waals surface area contributed by atoms with Gasteiger partial charge in [-0.25, -0.2) is 0 Å². The quantitative estimate of drug-likeness (QED) is 0.764. The molecule has 0 spiro atoms. The minimum Gasteiger partial charge on any atom is -0.492 e. The van der Waals surface area contributed by atoms with E-state index in [9.17, 15) is 0 Å². The van der Waals surface area contributed by atoms with E-state index in [1.165, 1.54) is 0 Å². The van der Waals surface area contributed by atoms with E-state index in [4.69, 9.17) is 39.5 Å². The molecule has 0 heterocycles. The first-order chi connectivity index (χ1) is 9.61. The highest BCUT2D eigenvalue weighted by Crippen LogP contribution is 2.29. The molecule has 0 radical (unpaired) electrons. The first-order valence-electron chi connectivity index (χ1n) is 6.21. The van der Waals surface area contributed by atoms with Crippen LogP contribution in [-0.4, -0.2) is 6.61 Å². The summed E-state index contributed by atoms with van der Waals surface area (Å²) in [5, 5.41) is 5.10. The van der Waals surface area contributed by atoms with Gasteiger partial charge in [0.05, 0.1) is 11.6 Å².